The van der Waals surface area contributed by atoms with Crippen LogP contribution in [0.15, 0.2) is 0 Å². The minimum Gasteiger partial charge on any atom is -0.310 e. The molecule has 1 heterocycles. The molecule has 0 atom stereocenters. The molecule has 1 aliphatic rings. The Hall–Kier alpha value is -0.620. The van der Waals surface area contributed by atoms with Crippen molar-refractivity contribution in [2.45, 2.75) is 56.9 Å². The number of nitrogens with zero attached hydrogens (tertiary/aromatic N) is 4. The molecule has 102 valence electrons. The Morgan fingerprint density at radius 3 is 2.83 bits per heavy atom. The first-order valence-corrected chi connectivity index (χ1v) is 8.03. The lowest BCUT2D eigenvalue weighted by Crippen LogP contribution is -2.29. The number of hydrogen-bond acceptors (Lipinski definition) is 5. The maximum absolute atomic E-state index is 4.15. The van der Waals surface area contributed by atoms with Crippen LogP contribution in [0.3, 0.4) is 0 Å². The highest BCUT2D eigenvalue weighted by Crippen LogP contribution is 2.41. The fourth-order valence-corrected chi connectivity index (χ4v) is 3.52. The monoisotopic (exact) mass is 269 g/mol. The van der Waals surface area contributed by atoms with Gasteiger partial charge in [-0.3, -0.25) is 0 Å². The summed E-state index contributed by atoms with van der Waals surface area (Å²) in [6.07, 6.45) is 8.60. The molecule has 0 saturated heterocycles. The van der Waals surface area contributed by atoms with E-state index in [1.807, 2.05) is 16.4 Å². The van der Waals surface area contributed by atoms with Crippen LogP contribution in [0.25, 0.3) is 0 Å². The largest absolute Gasteiger partial charge is 0.310 e. The van der Waals surface area contributed by atoms with E-state index in [-0.39, 0.29) is 0 Å². The van der Waals surface area contributed by atoms with Crippen LogP contribution in [0.5, 0.6) is 0 Å². The molecule has 1 aromatic rings. The molecule has 2 rings (SSSR count). The second-order valence-electron chi connectivity index (χ2n) is 5.02. The third kappa shape index (κ3) is 3.23. The average molecular weight is 269 g/mol. The smallest absolute Gasteiger partial charge is 0.165 e. The number of tetrazole rings is 1. The quantitative estimate of drug-likeness (QED) is 0.766. The summed E-state index contributed by atoms with van der Waals surface area (Å²) in [6.45, 7) is 4.90. The van der Waals surface area contributed by atoms with E-state index in [2.05, 4.69) is 34.0 Å². The molecule has 1 saturated carbocycles. The van der Waals surface area contributed by atoms with Crippen molar-refractivity contribution < 1.29 is 0 Å². The van der Waals surface area contributed by atoms with Crippen LogP contribution < -0.4 is 5.32 Å². The van der Waals surface area contributed by atoms with Gasteiger partial charge in [-0.05, 0) is 42.5 Å². The van der Waals surface area contributed by atoms with Gasteiger partial charge in [0.05, 0.1) is 13.1 Å². The van der Waals surface area contributed by atoms with Gasteiger partial charge in [-0.15, -0.1) is 5.10 Å². The summed E-state index contributed by atoms with van der Waals surface area (Å²) in [5.41, 5.74) is 0. The minimum absolute atomic E-state index is 0.356. The number of nitrogens with one attached hydrogen (secondary N) is 1. The van der Waals surface area contributed by atoms with E-state index in [0.29, 0.717) is 4.75 Å². The summed E-state index contributed by atoms with van der Waals surface area (Å²) in [4.78, 5) is 0. The molecule has 0 amide bonds. The third-order valence-corrected chi connectivity index (χ3v) is 5.11. The van der Waals surface area contributed by atoms with E-state index in [1.165, 1.54) is 25.7 Å². The van der Waals surface area contributed by atoms with Crippen LogP contribution in [0.1, 0.15) is 44.9 Å². The molecule has 5 nitrogen and oxygen atoms in total. The molecule has 6 heteroatoms. The van der Waals surface area contributed by atoms with Crippen molar-refractivity contribution in [1.29, 1.82) is 0 Å². The topological polar surface area (TPSA) is 55.6 Å². The summed E-state index contributed by atoms with van der Waals surface area (Å²) < 4.78 is 2.35. The number of hydrogen-bond donors (Lipinski definition) is 1. The Morgan fingerprint density at radius 2 is 2.17 bits per heavy atom. The molecule has 1 aromatic heterocycles. The SMILES string of the molecule is CCCNCc1nnnn1CC1(SC)CCCC1. The third-order valence-electron chi connectivity index (χ3n) is 3.70. The van der Waals surface area contributed by atoms with Gasteiger partial charge in [0.2, 0.25) is 0 Å². The van der Waals surface area contributed by atoms with Crippen LogP contribution in [0, 0.1) is 0 Å². The number of rotatable bonds is 7. The van der Waals surface area contributed by atoms with Crippen LogP contribution in [0.2, 0.25) is 0 Å². The van der Waals surface area contributed by atoms with Gasteiger partial charge in [0.25, 0.3) is 0 Å². The van der Waals surface area contributed by atoms with Crippen LogP contribution in [-0.4, -0.2) is 37.8 Å². The number of thioether (sulfide) groups is 1. The van der Waals surface area contributed by atoms with E-state index in [9.17, 15) is 0 Å². The van der Waals surface area contributed by atoms with E-state index in [1.54, 1.807) is 0 Å². The van der Waals surface area contributed by atoms with Gasteiger partial charge in [-0.1, -0.05) is 19.8 Å². The summed E-state index contributed by atoms with van der Waals surface area (Å²) in [5, 5.41) is 15.5. The molecule has 0 radical (unpaired) electrons. The van der Waals surface area contributed by atoms with E-state index < -0.39 is 0 Å². The Balaban J connectivity index is 1.98. The first kappa shape index (κ1) is 13.8. The highest BCUT2D eigenvalue weighted by molar-refractivity contribution is 8.00. The van der Waals surface area contributed by atoms with Crippen molar-refractivity contribution >= 4 is 11.8 Å². The zero-order valence-electron chi connectivity index (χ0n) is 11.4. The van der Waals surface area contributed by atoms with Gasteiger partial charge in [-0.2, -0.15) is 11.8 Å². The lowest BCUT2D eigenvalue weighted by Gasteiger charge is -2.26. The van der Waals surface area contributed by atoms with E-state index >= 15 is 0 Å². The van der Waals surface area contributed by atoms with Gasteiger partial charge in [0.15, 0.2) is 5.82 Å². The molecule has 0 bridgehead atoms. The average Bonchev–Trinajstić information content (AvgIpc) is 3.01. The standard InChI is InChI=1S/C12H23N5S/c1-3-8-13-9-11-14-15-16-17(11)10-12(18-2)6-4-5-7-12/h13H,3-10H2,1-2H3. The van der Waals surface area contributed by atoms with Gasteiger partial charge in [0.1, 0.15) is 0 Å². The second kappa shape index (κ2) is 6.52. The van der Waals surface area contributed by atoms with Gasteiger partial charge in [0, 0.05) is 4.75 Å². The van der Waals surface area contributed by atoms with Gasteiger partial charge in [-0.25, -0.2) is 4.68 Å². The van der Waals surface area contributed by atoms with E-state index in [0.717, 1.165) is 31.9 Å². The molecule has 0 aliphatic heterocycles. The first-order valence-electron chi connectivity index (χ1n) is 6.80. The van der Waals surface area contributed by atoms with Gasteiger partial charge >= 0.3 is 0 Å². The van der Waals surface area contributed by atoms with Crippen molar-refractivity contribution in [3.05, 3.63) is 5.82 Å². The highest BCUT2D eigenvalue weighted by Gasteiger charge is 2.34. The lowest BCUT2D eigenvalue weighted by molar-refractivity contribution is 0.443. The summed E-state index contributed by atoms with van der Waals surface area (Å²) >= 11 is 1.98. The Kier molecular flexibility index (Phi) is 5.00. The summed E-state index contributed by atoms with van der Waals surface area (Å²) in [7, 11) is 0. The maximum atomic E-state index is 4.15. The van der Waals surface area contributed by atoms with Crippen LogP contribution in [0.4, 0.5) is 0 Å². The zero-order valence-corrected chi connectivity index (χ0v) is 12.2. The molecule has 0 spiro atoms. The predicted molar refractivity (Wildman–Crippen MR) is 74.5 cm³/mol. The molecule has 18 heavy (non-hydrogen) atoms. The second-order valence-corrected chi connectivity index (χ2v) is 6.30. The van der Waals surface area contributed by atoms with Crippen molar-refractivity contribution in [3.63, 3.8) is 0 Å². The van der Waals surface area contributed by atoms with Crippen molar-refractivity contribution in [2.24, 2.45) is 0 Å². The summed E-state index contributed by atoms with van der Waals surface area (Å²) in [5.74, 6) is 0.962. The normalized spacial score (nSPS) is 18.3. The highest BCUT2D eigenvalue weighted by atomic mass is 32.2. The van der Waals surface area contributed by atoms with E-state index in [4.69, 9.17) is 0 Å². The lowest BCUT2D eigenvalue weighted by atomic mass is 10.1. The Labute approximate surface area is 113 Å². The van der Waals surface area contributed by atoms with Crippen molar-refractivity contribution in [2.75, 3.05) is 12.8 Å². The molecule has 0 unspecified atom stereocenters. The molecular formula is C12H23N5S. The zero-order chi connectivity index (χ0) is 12.8. The van der Waals surface area contributed by atoms with Crippen LogP contribution >= 0.6 is 11.8 Å². The maximum Gasteiger partial charge on any atom is 0.165 e. The predicted octanol–water partition coefficient (Wildman–Crippen LogP) is 1.85. The number of aromatic nitrogens is 4. The Bertz CT molecular complexity index is 359. The van der Waals surface area contributed by atoms with Crippen LogP contribution in [-0.2, 0) is 13.1 Å². The Morgan fingerprint density at radius 1 is 1.39 bits per heavy atom. The van der Waals surface area contributed by atoms with Crippen molar-refractivity contribution in [1.82, 2.24) is 25.5 Å². The minimum atomic E-state index is 0.356. The van der Waals surface area contributed by atoms with Gasteiger partial charge < -0.3 is 5.32 Å². The van der Waals surface area contributed by atoms with Crippen molar-refractivity contribution in [3.8, 4) is 0 Å². The molecular weight excluding hydrogens is 246 g/mol. The molecule has 1 N–H and O–H groups in total. The fourth-order valence-electron chi connectivity index (χ4n) is 2.57. The first-order chi connectivity index (χ1) is 8.79. The molecule has 0 aromatic carbocycles. The summed E-state index contributed by atoms with van der Waals surface area (Å²) in [6, 6.07) is 0. The molecule has 1 fully saturated rings. The fraction of sp³-hybridized carbons (Fsp3) is 0.917. The molecule has 1 aliphatic carbocycles.